The van der Waals surface area contributed by atoms with Crippen molar-refractivity contribution in [1.29, 1.82) is 5.26 Å². The molecule has 2 heterocycles. The van der Waals surface area contributed by atoms with Gasteiger partial charge in [0.25, 0.3) is 0 Å². The van der Waals surface area contributed by atoms with E-state index in [-0.39, 0.29) is 23.1 Å². The number of carboxylic acid groups (broad SMARTS) is 2. The van der Waals surface area contributed by atoms with Crippen LogP contribution in [0.2, 0.25) is 0 Å². The zero-order chi connectivity index (χ0) is 36.4. The quantitative estimate of drug-likeness (QED) is 0.118. The Hall–Kier alpha value is -5.57. The predicted octanol–water partition coefficient (Wildman–Crippen LogP) is 4.28. The van der Waals surface area contributed by atoms with E-state index in [0.29, 0.717) is 35.7 Å². The molecule has 262 valence electrons. The lowest BCUT2D eigenvalue weighted by atomic mass is 10.1. The molecule has 0 radical (unpaired) electrons. The molecule has 0 bridgehead atoms. The van der Waals surface area contributed by atoms with Crippen LogP contribution in [0, 0.1) is 11.3 Å². The van der Waals surface area contributed by atoms with Crippen LogP contribution in [0.25, 0.3) is 0 Å². The van der Waals surface area contributed by atoms with E-state index in [9.17, 15) is 38.1 Å². The molecule has 0 aliphatic rings. The molecule has 2 aromatic heterocycles. The zero-order valence-electron chi connectivity index (χ0n) is 26.4. The average molecular weight is 713 g/mol. The SMILES string of the molecule is COc1ccc(N(CCCc2cncn2Cc2ccc(C#N)cc2)C(=S)N(Cc2ccccc2C(F)(F)F)OC(C(=O)O)C(O)C(=O)O)cn1. The van der Waals surface area contributed by atoms with Gasteiger partial charge >= 0.3 is 18.1 Å². The average Bonchev–Trinajstić information content (AvgIpc) is 3.54. The molecule has 50 heavy (non-hydrogen) atoms. The summed E-state index contributed by atoms with van der Waals surface area (Å²) in [7, 11) is 1.40. The van der Waals surface area contributed by atoms with Gasteiger partial charge in [-0.2, -0.15) is 18.4 Å². The summed E-state index contributed by atoms with van der Waals surface area (Å²) >= 11 is 5.70. The van der Waals surface area contributed by atoms with E-state index in [1.165, 1.54) is 36.4 Å². The van der Waals surface area contributed by atoms with Crippen molar-refractivity contribution >= 4 is 35.0 Å². The summed E-state index contributed by atoms with van der Waals surface area (Å²) in [5.74, 6) is -3.59. The van der Waals surface area contributed by atoms with E-state index in [4.69, 9.17) is 27.1 Å². The highest BCUT2D eigenvalue weighted by molar-refractivity contribution is 7.80. The number of hydrogen-bond acceptors (Lipinski definition) is 9. The highest BCUT2D eigenvalue weighted by Gasteiger charge is 2.38. The van der Waals surface area contributed by atoms with Crippen molar-refractivity contribution in [3.63, 3.8) is 0 Å². The Morgan fingerprint density at radius 3 is 2.38 bits per heavy atom. The molecule has 2 aromatic carbocycles. The molecular formula is C33H31F3N6O7S. The van der Waals surface area contributed by atoms with E-state index in [0.717, 1.165) is 23.4 Å². The Bertz CT molecular complexity index is 1830. The van der Waals surface area contributed by atoms with Crippen molar-refractivity contribution in [3.8, 4) is 11.9 Å². The molecule has 4 rings (SSSR count). The number of hydroxylamine groups is 2. The summed E-state index contributed by atoms with van der Waals surface area (Å²) in [5.41, 5.74) is 1.18. The van der Waals surface area contributed by atoms with Crippen LogP contribution in [-0.4, -0.2) is 77.8 Å². The highest BCUT2D eigenvalue weighted by Crippen LogP contribution is 2.33. The summed E-state index contributed by atoms with van der Waals surface area (Å²) in [6.07, 6.45) is -4.34. The zero-order valence-corrected chi connectivity index (χ0v) is 27.2. The monoisotopic (exact) mass is 712 g/mol. The smallest absolute Gasteiger partial charge is 0.416 e. The van der Waals surface area contributed by atoms with Crippen molar-refractivity contribution < 1.29 is 47.7 Å². The minimum atomic E-state index is -4.81. The largest absolute Gasteiger partial charge is 0.481 e. The van der Waals surface area contributed by atoms with Crippen LogP contribution in [0.3, 0.4) is 0 Å². The van der Waals surface area contributed by atoms with Crippen molar-refractivity contribution in [1.82, 2.24) is 19.6 Å². The first kappa shape index (κ1) is 37.3. The van der Waals surface area contributed by atoms with Crippen LogP contribution in [0.1, 0.15) is 34.4 Å². The molecule has 4 aromatic rings. The maximum atomic E-state index is 14.0. The van der Waals surface area contributed by atoms with Gasteiger partial charge in [0, 0.05) is 31.0 Å². The second kappa shape index (κ2) is 16.7. The highest BCUT2D eigenvalue weighted by atomic mass is 32.1. The van der Waals surface area contributed by atoms with Crippen LogP contribution in [-0.2, 0) is 40.1 Å². The van der Waals surface area contributed by atoms with Gasteiger partial charge in [0.2, 0.25) is 17.1 Å². The number of aromatic nitrogens is 3. The number of halogens is 3. The standard InChI is InChI=1S/C33H31F3N6O7S/c1-48-27-13-12-25(17-39-27)41(14-4-6-24-16-38-20-40(24)18-22-10-8-21(15-37)9-11-22)32(50)42(49-29(31(46)47)28(43)30(44)45)19-23-5-2-3-7-26(23)33(34,35)36/h2-3,5,7-13,16-17,20,28-29,43H,4,6,14,18-19H2,1H3,(H,44,45)(H,46,47). The van der Waals surface area contributed by atoms with Gasteiger partial charge in [-0.25, -0.2) is 24.6 Å². The molecular weight excluding hydrogens is 681 g/mol. The first-order valence-corrected chi connectivity index (χ1v) is 15.3. The van der Waals surface area contributed by atoms with Crippen molar-refractivity contribution in [2.75, 3.05) is 18.6 Å². The van der Waals surface area contributed by atoms with Crippen LogP contribution in [0.15, 0.2) is 79.4 Å². The van der Waals surface area contributed by atoms with Crippen LogP contribution < -0.4 is 9.64 Å². The normalized spacial score (nSPS) is 12.4. The number of nitrogens with zero attached hydrogens (tertiary/aromatic N) is 6. The molecule has 0 aliphatic carbocycles. The van der Waals surface area contributed by atoms with Gasteiger partial charge in [-0.15, -0.1) is 0 Å². The maximum absolute atomic E-state index is 14.0. The number of methoxy groups -OCH3 is 1. The number of ether oxygens (including phenoxy) is 1. The van der Waals surface area contributed by atoms with Gasteiger partial charge in [-0.1, -0.05) is 30.3 Å². The van der Waals surface area contributed by atoms with E-state index >= 15 is 0 Å². The number of anilines is 1. The predicted molar refractivity (Wildman–Crippen MR) is 175 cm³/mol. The number of imidazole rings is 1. The number of alkyl halides is 3. The number of carbonyl (C=O) groups is 2. The summed E-state index contributed by atoms with van der Waals surface area (Å²) in [5, 5.41) is 38.6. The fourth-order valence-electron chi connectivity index (χ4n) is 4.86. The molecule has 17 heteroatoms. The van der Waals surface area contributed by atoms with Gasteiger partial charge in [-0.3, -0.25) is 4.84 Å². The molecule has 0 saturated heterocycles. The summed E-state index contributed by atoms with van der Waals surface area (Å²) in [6.45, 7) is -0.217. The van der Waals surface area contributed by atoms with Gasteiger partial charge in [-0.05, 0) is 60.5 Å². The number of aliphatic carboxylic acids is 2. The first-order chi connectivity index (χ1) is 23.8. The van der Waals surface area contributed by atoms with E-state index in [1.807, 2.05) is 16.7 Å². The summed E-state index contributed by atoms with van der Waals surface area (Å²) < 4.78 is 49.0. The Labute approximate surface area is 289 Å². The lowest BCUT2D eigenvalue weighted by Crippen LogP contribution is -2.50. The third-order valence-corrected chi connectivity index (χ3v) is 7.82. The number of thiocarbonyl (C=S) groups is 1. The third-order valence-electron chi connectivity index (χ3n) is 7.40. The molecule has 2 unspecified atom stereocenters. The molecule has 0 fully saturated rings. The van der Waals surface area contributed by atoms with Crippen LogP contribution >= 0.6 is 12.2 Å². The van der Waals surface area contributed by atoms with Crippen molar-refractivity contribution in [2.45, 2.75) is 44.3 Å². The summed E-state index contributed by atoms with van der Waals surface area (Å²) in [4.78, 5) is 38.9. The van der Waals surface area contributed by atoms with E-state index in [2.05, 4.69) is 16.0 Å². The molecule has 2 atom stereocenters. The minimum absolute atomic E-state index is 0.0922. The van der Waals surface area contributed by atoms with Crippen LogP contribution in [0.4, 0.5) is 18.9 Å². The minimum Gasteiger partial charge on any atom is -0.481 e. The number of aliphatic hydroxyl groups is 1. The summed E-state index contributed by atoms with van der Waals surface area (Å²) in [6, 6.07) is 16.7. The topological polar surface area (TPSA) is 174 Å². The number of rotatable bonds is 15. The van der Waals surface area contributed by atoms with Gasteiger partial charge in [0.15, 0.2) is 6.10 Å². The number of benzene rings is 2. The lowest BCUT2D eigenvalue weighted by Gasteiger charge is -2.35. The number of aryl methyl sites for hydroxylation is 1. The number of hydrogen-bond donors (Lipinski definition) is 3. The molecule has 0 aliphatic heterocycles. The second-order valence-electron chi connectivity index (χ2n) is 10.8. The fourth-order valence-corrected chi connectivity index (χ4v) is 5.17. The van der Waals surface area contributed by atoms with Gasteiger partial charge < -0.3 is 29.5 Å². The molecule has 3 N–H and O–H groups in total. The number of aliphatic hydroxyl groups excluding tert-OH is 1. The third kappa shape index (κ3) is 9.53. The van der Waals surface area contributed by atoms with Crippen LogP contribution in [0.5, 0.6) is 5.88 Å². The van der Waals surface area contributed by atoms with Gasteiger partial charge in [0.05, 0.1) is 49.1 Å². The number of nitriles is 1. The molecule has 13 nitrogen and oxygen atoms in total. The fraction of sp³-hybridized carbons (Fsp3) is 0.273. The Kier molecular flexibility index (Phi) is 12.4. The van der Waals surface area contributed by atoms with Crippen molar-refractivity contribution in [3.05, 3.63) is 107 Å². The molecule has 0 saturated carbocycles. The number of pyridine rings is 1. The van der Waals surface area contributed by atoms with E-state index < -0.39 is 42.4 Å². The number of carboxylic acids is 2. The lowest BCUT2D eigenvalue weighted by molar-refractivity contribution is -0.209. The molecule has 0 spiro atoms. The second-order valence-corrected chi connectivity index (χ2v) is 11.1. The Morgan fingerprint density at radius 1 is 1.06 bits per heavy atom. The Balaban J connectivity index is 1.66. The first-order valence-electron chi connectivity index (χ1n) is 14.8. The van der Waals surface area contributed by atoms with Crippen molar-refractivity contribution in [2.24, 2.45) is 0 Å². The maximum Gasteiger partial charge on any atom is 0.416 e. The molecule has 0 amide bonds. The van der Waals surface area contributed by atoms with E-state index in [1.54, 1.807) is 30.7 Å². The Morgan fingerprint density at radius 2 is 1.78 bits per heavy atom. The van der Waals surface area contributed by atoms with Gasteiger partial charge in [0.1, 0.15) is 0 Å².